The lowest BCUT2D eigenvalue weighted by Gasteiger charge is -2.40. The molecule has 2 bridgehead atoms. The number of fused-ring (bicyclic) bond motifs is 2. The standard InChI is InChI=1S/C17H25N7O2/c1-26-16-8-14(20-15-7-13(9-25)23-24-15)21-17(22-16)19-12-5-10-3-2-4-11(6-12)18-10/h7-8,10-12,18,25H,2-6,9H2,1H3,(H3,19,20,21,22,23,24)/t10-,11+,12+. The quantitative estimate of drug-likeness (QED) is 0.527. The minimum absolute atomic E-state index is 0.0906. The first-order chi connectivity index (χ1) is 12.7. The van der Waals surface area contributed by atoms with Gasteiger partial charge in [0.05, 0.1) is 19.4 Å². The number of rotatable bonds is 6. The van der Waals surface area contributed by atoms with E-state index in [9.17, 15) is 0 Å². The average molecular weight is 359 g/mol. The topological polar surface area (TPSA) is 120 Å². The Balaban J connectivity index is 1.48. The fraction of sp³-hybridized carbons (Fsp3) is 0.588. The van der Waals surface area contributed by atoms with E-state index in [0.29, 0.717) is 47.3 Å². The van der Waals surface area contributed by atoms with E-state index < -0.39 is 0 Å². The first-order valence-corrected chi connectivity index (χ1v) is 9.09. The molecule has 2 aliphatic rings. The van der Waals surface area contributed by atoms with Crippen molar-refractivity contribution in [2.45, 2.75) is 56.8 Å². The van der Waals surface area contributed by atoms with Gasteiger partial charge in [0.1, 0.15) is 5.82 Å². The highest BCUT2D eigenvalue weighted by molar-refractivity contribution is 5.55. The molecule has 2 saturated heterocycles. The van der Waals surface area contributed by atoms with E-state index in [4.69, 9.17) is 9.84 Å². The van der Waals surface area contributed by atoms with Crippen molar-refractivity contribution in [3.8, 4) is 5.88 Å². The molecular weight excluding hydrogens is 334 g/mol. The van der Waals surface area contributed by atoms with Crippen molar-refractivity contribution >= 4 is 17.6 Å². The van der Waals surface area contributed by atoms with Crippen molar-refractivity contribution in [3.05, 3.63) is 17.8 Å². The highest BCUT2D eigenvalue weighted by Gasteiger charge is 2.31. The molecule has 0 aliphatic carbocycles. The molecule has 9 heteroatoms. The first-order valence-electron chi connectivity index (χ1n) is 9.09. The summed E-state index contributed by atoms with van der Waals surface area (Å²) in [6.45, 7) is -0.0906. The van der Waals surface area contributed by atoms with Crippen LogP contribution >= 0.6 is 0 Å². The number of aromatic nitrogens is 4. The number of hydrogen-bond acceptors (Lipinski definition) is 8. The zero-order valence-electron chi connectivity index (χ0n) is 14.8. The van der Waals surface area contributed by atoms with E-state index in [1.165, 1.54) is 19.3 Å². The van der Waals surface area contributed by atoms with Crippen molar-refractivity contribution in [2.75, 3.05) is 17.7 Å². The summed E-state index contributed by atoms with van der Waals surface area (Å²) in [5.41, 5.74) is 0.633. The smallest absolute Gasteiger partial charge is 0.228 e. The molecule has 2 aliphatic heterocycles. The molecular formula is C17H25N7O2. The van der Waals surface area contributed by atoms with Crippen LogP contribution in [0.4, 0.5) is 17.6 Å². The summed E-state index contributed by atoms with van der Waals surface area (Å²) >= 11 is 0. The SMILES string of the molecule is COc1cc(Nc2cc(CO)[nH]n2)nc(N[C@H]2C[C@H]3CCC[C@@H](C2)N3)n1. The van der Waals surface area contributed by atoms with Crippen molar-refractivity contribution in [1.29, 1.82) is 0 Å². The third kappa shape index (κ3) is 3.88. The minimum Gasteiger partial charge on any atom is -0.481 e. The van der Waals surface area contributed by atoms with Crippen LogP contribution in [0.2, 0.25) is 0 Å². The molecule has 3 atom stereocenters. The van der Waals surface area contributed by atoms with Crippen LogP contribution in [-0.2, 0) is 6.61 Å². The second kappa shape index (κ2) is 7.46. The van der Waals surface area contributed by atoms with Crippen molar-refractivity contribution < 1.29 is 9.84 Å². The minimum atomic E-state index is -0.0906. The summed E-state index contributed by atoms with van der Waals surface area (Å²) in [7, 11) is 1.59. The van der Waals surface area contributed by atoms with Gasteiger partial charge in [0.15, 0.2) is 5.82 Å². The second-order valence-electron chi connectivity index (χ2n) is 6.98. The van der Waals surface area contributed by atoms with Gasteiger partial charge in [-0.05, 0) is 25.7 Å². The lowest BCUT2D eigenvalue weighted by Crippen LogP contribution is -2.52. The number of anilines is 3. The normalized spacial score (nSPS) is 24.9. The number of piperidine rings is 2. The summed E-state index contributed by atoms with van der Waals surface area (Å²) in [6, 6.07) is 4.98. The van der Waals surface area contributed by atoms with Crippen LogP contribution in [0.1, 0.15) is 37.8 Å². The van der Waals surface area contributed by atoms with Gasteiger partial charge < -0.3 is 25.8 Å². The Kier molecular flexibility index (Phi) is 4.89. The zero-order chi connectivity index (χ0) is 17.9. The highest BCUT2D eigenvalue weighted by Crippen LogP contribution is 2.28. The molecule has 5 N–H and O–H groups in total. The molecule has 0 amide bonds. The maximum absolute atomic E-state index is 9.13. The predicted molar refractivity (Wildman–Crippen MR) is 97.6 cm³/mol. The fourth-order valence-corrected chi connectivity index (χ4v) is 3.86. The van der Waals surface area contributed by atoms with E-state index in [1.54, 1.807) is 19.2 Å². The fourth-order valence-electron chi connectivity index (χ4n) is 3.86. The van der Waals surface area contributed by atoms with Crippen molar-refractivity contribution in [2.24, 2.45) is 0 Å². The van der Waals surface area contributed by atoms with Crippen LogP contribution in [0, 0.1) is 0 Å². The van der Waals surface area contributed by atoms with Gasteiger partial charge in [-0.3, -0.25) is 5.10 Å². The number of nitrogens with zero attached hydrogens (tertiary/aromatic N) is 3. The Labute approximate surface area is 152 Å². The van der Waals surface area contributed by atoms with E-state index in [1.807, 2.05) is 0 Å². The number of aliphatic hydroxyl groups excluding tert-OH is 1. The van der Waals surface area contributed by atoms with Gasteiger partial charge >= 0.3 is 0 Å². The molecule has 2 fully saturated rings. The molecule has 0 radical (unpaired) electrons. The van der Waals surface area contributed by atoms with Crippen LogP contribution in [0.25, 0.3) is 0 Å². The van der Waals surface area contributed by atoms with E-state index in [-0.39, 0.29) is 6.61 Å². The van der Waals surface area contributed by atoms with Gasteiger partial charge in [0.25, 0.3) is 0 Å². The molecule has 140 valence electrons. The van der Waals surface area contributed by atoms with E-state index in [0.717, 1.165) is 12.8 Å². The molecule has 26 heavy (non-hydrogen) atoms. The zero-order valence-corrected chi connectivity index (χ0v) is 14.8. The van der Waals surface area contributed by atoms with Gasteiger partial charge in [-0.15, -0.1) is 0 Å². The van der Waals surface area contributed by atoms with Crippen molar-refractivity contribution in [1.82, 2.24) is 25.5 Å². The third-order valence-electron chi connectivity index (χ3n) is 5.02. The van der Waals surface area contributed by atoms with Gasteiger partial charge in [-0.2, -0.15) is 15.1 Å². The Morgan fingerprint density at radius 2 is 2.00 bits per heavy atom. The number of nitrogens with one attached hydrogen (secondary N) is 4. The lowest BCUT2D eigenvalue weighted by molar-refractivity contribution is 0.230. The Hall–Kier alpha value is -2.39. The number of methoxy groups -OCH3 is 1. The number of ether oxygens (including phenoxy) is 1. The number of aliphatic hydroxyl groups is 1. The first kappa shape index (κ1) is 17.0. The Morgan fingerprint density at radius 1 is 1.19 bits per heavy atom. The van der Waals surface area contributed by atoms with Crippen LogP contribution in [-0.4, -0.2) is 50.5 Å². The maximum atomic E-state index is 9.13. The summed E-state index contributed by atoms with van der Waals surface area (Å²) in [4.78, 5) is 8.98. The van der Waals surface area contributed by atoms with Crippen LogP contribution in [0.15, 0.2) is 12.1 Å². The van der Waals surface area contributed by atoms with Crippen LogP contribution in [0.5, 0.6) is 5.88 Å². The number of H-pyrrole nitrogens is 1. The average Bonchev–Trinajstić information content (AvgIpc) is 3.08. The van der Waals surface area contributed by atoms with E-state index >= 15 is 0 Å². The van der Waals surface area contributed by atoms with Gasteiger partial charge in [-0.1, -0.05) is 6.42 Å². The molecule has 0 unspecified atom stereocenters. The highest BCUT2D eigenvalue weighted by atomic mass is 16.5. The van der Waals surface area contributed by atoms with Gasteiger partial charge in [-0.25, -0.2) is 0 Å². The maximum Gasteiger partial charge on any atom is 0.228 e. The monoisotopic (exact) mass is 359 g/mol. The van der Waals surface area contributed by atoms with Crippen LogP contribution < -0.4 is 20.7 Å². The molecule has 4 heterocycles. The summed E-state index contributed by atoms with van der Waals surface area (Å²) in [6.07, 6.45) is 5.97. The molecule has 0 spiro atoms. The summed E-state index contributed by atoms with van der Waals surface area (Å²) < 4.78 is 5.31. The van der Waals surface area contributed by atoms with Gasteiger partial charge in [0.2, 0.25) is 11.8 Å². The molecule has 0 saturated carbocycles. The second-order valence-corrected chi connectivity index (χ2v) is 6.98. The Bertz CT molecular complexity index is 738. The number of aromatic amines is 1. The third-order valence-corrected chi connectivity index (χ3v) is 5.02. The lowest BCUT2D eigenvalue weighted by atomic mass is 9.84. The summed E-state index contributed by atoms with van der Waals surface area (Å²) in [5, 5.41) is 26.3. The number of hydrogen-bond donors (Lipinski definition) is 5. The van der Waals surface area contributed by atoms with E-state index in [2.05, 4.69) is 36.1 Å². The Morgan fingerprint density at radius 3 is 2.69 bits per heavy atom. The molecule has 2 aromatic heterocycles. The molecule has 2 aromatic rings. The summed E-state index contributed by atoms with van der Waals surface area (Å²) in [5.74, 6) is 2.20. The molecule has 0 aromatic carbocycles. The molecule has 9 nitrogen and oxygen atoms in total. The van der Waals surface area contributed by atoms with Gasteiger partial charge in [0, 0.05) is 30.3 Å². The van der Waals surface area contributed by atoms with Crippen molar-refractivity contribution in [3.63, 3.8) is 0 Å². The van der Waals surface area contributed by atoms with Crippen LogP contribution in [0.3, 0.4) is 0 Å². The predicted octanol–water partition coefficient (Wildman–Crippen LogP) is 1.53. The largest absolute Gasteiger partial charge is 0.481 e. The molecule has 4 rings (SSSR count).